The highest BCUT2D eigenvalue weighted by Crippen LogP contribution is 2.09. The number of hydrogen-bond acceptors (Lipinski definition) is 5. The van der Waals surface area contributed by atoms with Crippen LogP contribution in [0.5, 0.6) is 0 Å². The Hall–Kier alpha value is -0.620. The van der Waals surface area contributed by atoms with Gasteiger partial charge in [-0.15, -0.1) is 0 Å². The van der Waals surface area contributed by atoms with Crippen LogP contribution in [0.4, 0.5) is 0 Å². The van der Waals surface area contributed by atoms with E-state index in [1.165, 1.54) is 0 Å². The van der Waals surface area contributed by atoms with Crippen LogP contribution in [0, 0.1) is 0 Å². The Morgan fingerprint density at radius 1 is 1.36 bits per heavy atom. The monoisotopic (exact) mass is 220 g/mol. The highest BCUT2D eigenvalue weighted by Gasteiger charge is 2.20. The van der Waals surface area contributed by atoms with Crippen molar-refractivity contribution in [3.05, 3.63) is 0 Å². The Morgan fingerprint density at radius 2 is 2.00 bits per heavy atom. The molecule has 14 heavy (non-hydrogen) atoms. The first kappa shape index (κ1) is 11.5. The number of sulfone groups is 1. The second kappa shape index (κ2) is 5.31. The summed E-state index contributed by atoms with van der Waals surface area (Å²) < 4.78 is 22.1. The van der Waals surface area contributed by atoms with E-state index in [4.69, 9.17) is 10.6 Å². The van der Waals surface area contributed by atoms with E-state index in [1.807, 2.05) is 0 Å². The molecular formula is C8H16N2O3S. The third-order valence-corrected chi connectivity index (χ3v) is 3.69. The maximum Gasteiger partial charge on any atom is 0.151 e. The molecule has 0 radical (unpaired) electrons. The Kier molecular flexibility index (Phi) is 4.34. The van der Waals surface area contributed by atoms with E-state index >= 15 is 0 Å². The van der Waals surface area contributed by atoms with Gasteiger partial charge in [0.05, 0.1) is 17.2 Å². The van der Waals surface area contributed by atoms with Gasteiger partial charge in [0.1, 0.15) is 6.61 Å². The second-order valence-electron chi connectivity index (χ2n) is 3.28. The van der Waals surface area contributed by atoms with Crippen LogP contribution in [-0.4, -0.2) is 38.8 Å². The van der Waals surface area contributed by atoms with Crippen LogP contribution < -0.4 is 5.73 Å². The van der Waals surface area contributed by atoms with Crippen molar-refractivity contribution in [2.75, 3.05) is 24.7 Å². The van der Waals surface area contributed by atoms with Crippen molar-refractivity contribution in [2.45, 2.75) is 19.3 Å². The van der Waals surface area contributed by atoms with Crippen molar-refractivity contribution in [3.8, 4) is 0 Å². The lowest BCUT2D eigenvalue weighted by Crippen LogP contribution is -2.23. The van der Waals surface area contributed by atoms with Gasteiger partial charge in [0.15, 0.2) is 9.84 Å². The van der Waals surface area contributed by atoms with Gasteiger partial charge < -0.3 is 10.6 Å². The normalized spacial score (nSPS) is 20.5. The minimum absolute atomic E-state index is 0.200. The molecule has 0 bridgehead atoms. The molecule has 0 aromatic rings. The van der Waals surface area contributed by atoms with Crippen molar-refractivity contribution in [2.24, 2.45) is 10.9 Å². The lowest BCUT2D eigenvalue weighted by atomic mass is 10.2. The fourth-order valence-corrected chi connectivity index (χ4v) is 2.45. The highest BCUT2D eigenvalue weighted by atomic mass is 32.2. The summed E-state index contributed by atoms with van der Waals surface area (Å²) in [5, 5.41) is 3.88. The lowest BCUT2D eigenvalue weighted by molar-refractivity contribution is 0.142. The molecule has 1 heterocycles. The van der Waals surface area contributed by atoms with Crippen molar-refractivity contribution in [1.29, 1.82) is 0 Å². The fraction of sp³-hybridized carbons (Fsp3) is 0.875. The Labute approximate surface area is 84.2 Å². The highest BCUT2D eigenvalue weighted by molar-refractivity contribution is 7.91. The zero-order valence-corrected chi connectivity index (χ0v) is 8.92. The van der Waals surface area contributed by atoms with Gasteiger partial charge in [0, 0.05) is 12.8 Å². The van der Waals surface area contributed by atoms with Crippen molar-refractivity contribution in [3.63, 3.8) is 0 Å². The molecule has 0 unspecified atom stereocenters. The number of nitrogens with zero attached hydrogens (tertiary/aromatic N) is 1. The van der Waals surface area contributed by atoms with E-state index in [2.05, 4.69) is 5.16 Å². The quantitative estimate of drug-likeness (QED) is 0.530. The van der Waals surface area contributed by atoms with E-state index in [9.17, 15) is 8.42 Å². The molecule has 0 aromatic heterocycles. The molecule has 1 aliphatic heterocycles. The van der Waals surface area contributed by atoms with Gasteiger partial charge >= 0.3 is 0 Å². The van der Waals surface area contributed by atoms with Crippen LogP contribution in [0.3, 0.4) is 0 Å². The van der Waals surface area contributed by atoms with Crippen molar-refractivity contribution < 1.29 is 13.3 Å². The van der Waals surface area contributed by atoms with Gasteiger partial charge in [-0.1, -0.05) is 5.16 Å². The first-order valence-electron chi connectivity index (χ1n) is 4.72. The maximum absolute atomic E-state index is 11.1. The minimum Gasteiger partial charge on any atom is -0.396 e. The molecule has 1 rings (SSSR count). The molecule has 82 valence electrons. The SMILES string of the molecule is NCCCON=C1CCS(=O)(=O)CC1. The summed E-state index contributed by atoms with van der Waals surface area (Å²) in [5.74, 6) is 0.401. The van der Waals surface area contributed by atoms with Gasteiger partial charge in [-0.2, -0.15) is 0 Å². The number of rotatable bonds is 4. The van der Waals surface area contributed by atoms with Gasteiger partial charge in [-0.25, -0.2) is 8.42 Å². The molecule has 0 amide bonds. The Bertz CT molecular complexity index is 282. The average Bonchev–Trinajstić information content (AvgIpc) is 2.15. The van der Waals surface area contributed by atoms with Crippen LogP contribution in [0.15, 0.2) is 5.16 Å². The molecule has 0 saturated carbocycles. The summed E-state index contributed by atoms with van der Waals surface area (Å²) in [6, 6.07) is 0. The molecule has 0 atom stereocenters. The Balaban J connectivity index is 2.27. The third kappa shape index (κ3) is 4.06. The van der Waals surface area contributed by atoms with Gasteiger partial charge in [-0.05, 0) is 13.0 Å². The second-order valence-corrected chi connectivity index (χ2v) is 5.59. The number of nitrogens with two attached hydrogens (primary N) is 1. The lowest BCUT2D eigenvalue weighted by Gasteiger charge is -2.12. The third-order valence-electron chi connectivity index (χ3n) is 2.04. The maximum atomic E-state index is 11.1. The summed E-state index contributed by atoms with van der Waals surface area (Å²) in [6.07, 6.45) is 1.78. The number of hydrogen-bond donors (Lipinski definition) is 1. The van der Waals surface area contributed by atoms with E-state index in [1.54, 1.807) is 0 Å². The van der Waals surface area contributed by atoms with Crippen LogP contribution in [0.2, 0.25) is 0 Å². The summed E-state index contributed by atoms with van der Waals surface area (Å²) in [5.41, 5.74) is 6.12. The first-order valence-corrected chi connectivity index (χ1v) is 6.54. The molecule has 6 heteroatoms. The van der Waals surface area contributed by atoms with Gasteiger partial charge in [0.25, 0.3) is 0 Å². The van der Waals surface area contributed by atoms with Gasteiger partial charge in [-0.3, -0.25) is 0 Å². The molecule has 0 aliphatic carbocycles. The van der Waals surface area contributed by atoms with Crippen molar-refractivity contribution in [1.82, 2.24) is 0 Å². The van der Waals surface area contributed by atoms with Crippen LogP contribution in [0.1, 0.15) is 19.3 Å². The molecule has 1 saturated heterocycles. The topological polar surface area (TPSA) is 81.8 Å². The zero-order chi connectivity index (χ0) is 10.4. The zero-order valence-electron chi connectivity index (χ0n) is 8.11. The van der Waals surface area contributed by atoms with E-state index in [0.29, 0.717) is 26.0 Å². The van der Waals surface area contributed by atoms with Crippen LogP contribution in [-0.2, 0) is 14.7 Å². The molecule has 1 aliphatic rings. The largest absolute Gasteiger partial charge is 0.396 e. The van der Waals surface area contributed by atoms with Crippen LogP contribution in [0.25, 0.3) is 0 Å². The van der Waals surface area contributed by atoms with E-state index < -0.39 is 9.84 Å². The van der Waals surface area contributed by atoms with E-state index in [-0.39, 0.29) is 11.5 Å². The van der Waals surface area contributed by atoms with Crippen molar-refractivity contribution >= 4 is 15.5 Å². The minimum atomic E-state index is -2.81. The fourth-order valence-electron chi connectivity index (χ4n) is 1.15. The smallest absolute Gasteiger partial charge is 0.151 e. The standard InChI is InChI=1S/C8H16N2O3S/c9-4-1-5-13-10-8-2-6-14(11,12)7-3-8/h1-7,9H2. The molecule has 0 spiro atoms. The molecule has 0 aromatic carbocycles. The first-order chi connectivity index (χ1) is 6.64. The summed E-state index contributed by atoms with van der Waals surface area (Å²) >= 11 is 0. The molecule has 1 fully saturated rings. The Morgan fingerprint density at radius 3 is 2.57 bits per heavy atom. The average molecular weight is 220 g/mol. The van der Waals surface area contributed by atoms with Gasteiger partial charge in [0.2, 0.25) is 0 Å². The molecular weight excluding hydrogens is 204 g/mol. The predicted octanol–water partition coefficient (Wildman–Crippen LogP) is -0.0836. The van der Waals surface area contributed by atoms with Crippen LogP contribution >= 0.6 is 0 Å². The molecule has 2 N–H and O–H groups in total. The summed E-state index contributed by atoms with van der Waals surface area (Å²) in [7, 11) is -2.81. The number of oxime groups is 1. The summed E-state index contributed by atoms with van der Waals surface area (Å²) in [4.78, 5) is 4.99. The van der Waals surface area contributed by atoms with E-state index in [0.717, 1.165) is 12.1 Å². The predicted molar refractivity (Wildman–Crippen MR) is 54.9 cm³/mol. The summed E-state index contributed by atoms with van der Waals surface area (Å²) in [6.45, 7) is 1.09. The molecule has 5 nitrogen and oxygen atoms in total.